The highest BCUT2D eigenvalue weighted by Gasteiger charge is 2.44. The summed E-state index contributed by atoms with van der Waals surface area (Å²) >= 11 is 0. The Labute approximate surface area is 172 Å². The second kappa shape index (κ2) is 7.73. The molecule has 1 unspecified atom stereocenters. The summed E-state index contributed by atoms with van der Waals surface area (Å²) in [6, 6.07) is 5.98. The highest BCUT2D eigenvalue weighted by molar-refractivity contribution is 7.92. The molecule has 0 fully saturated rings. The smallest absolute Gasteiger partial charge is 0.328 e. The maximum Gasteiger partial charge on any atom is 0.328 e. The van der Waals surface area contributed by atoms with Crippen LogP contribution >= 0.6 is 0 Å². The molecule has 162 valence electrons. The van der Waals surface area contributed by atoms with Crippen LogP contribution in [0.5, 0.6) is 5.75 Å². The van der Waals surface area contributed by atoms with Crippen molar-refractivity contribution >= 4 is 21.8 Å². The zero-order valence-corrected chi connectivity index (χ0v) is 17.5. The highest BCUT2D eigenvalue weighted by Crippen LogP contribution is 2.33. The van der Waals surface area contributed by atoms with Gasteiger partial charge in [-0.3, -0.25) is 14.6 Å². The lowest BCUT2D eigenvalue weighted by atomic mass is 10.1. The first-order chi connectivity index (χ1) is 14.0. The van der Waals surface area contributed by atoms with Gasteiger partial charge in [0.05, 0.1) is 13.7 Å². The number of hydroxylamine groups is 1. The van der Waals surface area contributed by atoms with Crippen LogP contribution in [0.2, 0.25) is 0 Å². The van der Waals surface area contributed by atoms with Gasteiger partial charge in [0.2, 0.25) is 0 Å². The second-order valence-electron chi connectivity index (χ2n) is 7.31. The van der Waals surface area contributed by atoms with Crippen LogP contribution in [-0.2, 0) is 21.2 Å². The van der Waals surface area contributed by atoms with E-state index >= 15 is 0 Å². The maximum absolute atomic E-state index is 14.5. The van der Waals surface area contributed by atoms with E-state index in [1.165, 1.54) is 41.2 Å². The maximum atomic E-state index is 14.5. The first-order valence-corrected chi connectivity index (χ1v) is 10.9. The van der Waals surface area contributed by atoms with Gasteiger partial charge in [0.1, 0.15) is 0 Å². The fourth-order valence-corrected chi connectivity index (χ4v) is 4.22. The van der Waals surface area contributed by atoms with E-state index in [0.29, 0.717) is 16.8 Å². The van der Waals surface area contributed by atoms with Crippen LogP contribution in [0, 0.1) is 5.82 Å². The number of amides is 2. The van der Waals surface area contributed by atoms with Gasteiger partial charge in [0, 0.05) is 35.8 Å². The van der Waals surface area contributed by atoms with E-state index in [1.54, 1.807) is 18.2 Å². The summed E-state index contributed by atoms with van der Waals surface area (Å²) in [7, 11) is -2.50. The molecule has 1 aliphatic heterocycles. The normalized spacial score (nSPS) is 15.6. The van der Waals surface area contributed by atoms with Gasteiger partial charge < -0.3 is 9.64 Å². The van der Waals surface area contributed by atoms with Gasteiger partial charge in [-0.1, -0.05) is 12.1 Å². The molecule has 2 amide bonds. The van der Waals surface area contributed by atoms with Crippen LogP contribution in [-0.4, -0.2) is 59.7 Å². The van der Waals surface area contributed by atoms with Crippen LogP contribution in [0.1, 0.15) is 19.0 Å². The summed E-state index contributed by atoms with van der Waals surface area (Å²) in [6.45, 7) is 1.34. The number of sulfone groups is 1. The van der Waals surface area contributed by atoms with Crippen LogP contribution in [0.3, 0.4) is 0 Å². The van der Waals surface area contributed by atoms with Crippen molar-refractivity contribution in [1.29, 1.82) is 0 Å². The minimum Gasteiger partial charge on any atom is -0.494 e. The lowest BCUT2D eigenvalue weighted by Crippen LogP contribution is -2.50. The van der Waals surface area contributed by atoms with Crippen molar-refractivity contribution in [3.05, 3.63) is 42.0 Å². The zero-order chi connectivity index (χ0) is 22.3. The molecule has 30 heavy (non-hydrogen) atoms. The summed E-state index contributed by atoms with van der Waals surface area (Å²) in [4.78, 5) is 26.0. The van der Waals surface area contributed by atoms with E-state index in [9.17, 15) is 22.4 Å². The van der Waals surface area contributed by atoms with Crippen LogP contribution in [0.15, 0.2) is 30.5 Å². The molecule has 0 radical (unpaired) electrons. The van der Waals surface area contributed by atoms with Crippen molar-refractivity contribution in [2.45, 2.75) is 24.6 Å². The lowest BCUT2D eigenvalue weighted by Gasteiger charge is -2.27. The molecule has 1 aromatic carbocycles. The highest BCUT2D eigenvalue weighted by atomic mass is 32.2. The number of hydrogen-bond donors (Lipinski definition) is 2. The second-order valence-corrected chi connectivity index (χ2v) is 9.76. The molecule has 0 aliphatic carbocycles. The minimum absolute atomic E-state index is 0.0274. The molecule has 1 aromatic heterocycles. The average molecular weight is 439 g/mol. The van der Waals surface area contributed by atoms with Gasteiger partial charge in [0.25, 0.3) is 5.91 Å². The van der Waals surface area contributed by atoms with Crippen molar-refractivity contribution in [3.8, 4) is 16.9 Å². The third-order valence-electron chi connectivity index (χ3n) is 5.48. The molecule has 11 heteroatoms. The molecular weight excluding hydrogens is 417 g/mol. The number of ether oxygens (including phenoxy) is 1. The number of benzene rings is 1. The number of hydrogen-bond acceptors (Lipinski definition) is 6. The monoisotopic (exact) mass is 439 g/mol. The fourth-order valence-electron chi connectivity index (χ4n) is 3.37. The summed E-state index contributed by atoms with van der Waals surface area (Å²) in [5.41, 5.74) is 2.78. The van der Waals surface area contributed by atoms with E-state index in [-0.39, 0.29) is 25.3 Å². The van der Waals surface area contributed by atoms with Gasteiger partial charge in [-0.2, -0.15) is 0 Å². The van der Waals surface area contributed by atoms with Crippen LogP contribution < -0.4 is 10.2 Å². The lowest BCUT2D eigenvalue weighted by molar-refractivity contribution is -0.131. The summed E-state index contributed by atoms with van der Waals surface area (Å²) in [5.74, 6) is -1.51. The molecular formula is C19H22FN3O6S. The largest absolute Gasteiger partial charge is 0.494 e. The molecule has 3 rings (SSSR count). The molecule has 0 saturated heterocycles. The Morgan fingerprint density at radius 1 is 1.40 bits per heavy atom. The first-order valence-electron chi connectivity index (χ1n) is 9.01. The number of methoxy groups -OCH3 is 1. The molecule has 2 N–H and O–H groups in total. The molecule has 2 heterocycles. The number of nitrogens with zero attached hydrogens (tertiary/aromatic N) is 2. The predicted octanol–water partition coefficient (Wildman–Crippen LogP) is 1.79. The summed E-state index contributed by atoms with van der Waals surface area (Å²) in [5, 5.41) is 8.90. The van der Waals surface area contributed by atoms with Crippen molar-refractivity contribution in [3.63, 3.8) is 0 Å². The van der Waals surface area contributed by atoms with Gasteiger partial charge in [-0.05, 0) is 25.5 Å². The number of aromatic nitrogens is 1. The Kier molecular flexibility index (Phi) is 5.61. The van der Waals surface area contributed by atoms with Crippen molar-refractivity contribution < 1.29 is 32.3 Å². The fraction of sp³-hybridized carbons (Fsp3) is 0.368. The third-order valence-corrected chi connectivity index (χ3v) is 7.51. The molecule has 9 nitrogen and oxygen atoms in total. The van der Waals surface area contributed by atoms with E-state index in [1.807, 2.05) is 0 Å². The Bertz CT molecular complexity index is 1110. The zero-order valence-electron chi connectivity index (χ0n) is 16.7. The number of carbonyl (C=O) groups is 2. The average Bonchev–Trinajstić information content (AvgIpc) is 3.24. The Morgan fingerprint density at radius 2 is 2.10 bits per heavy atom. The van der Waals surface area contributed by atoms with Gasteiger partial charge in [-0.25, -0.2) is 23.1 Å². The topological polar surface area (TPSA) is 118 Å². The third kappa shape index (κ3) is 3.54. The van der Waals surface area contributed by atoms with E-state index in [2.05, 4.69) is 0 Å². The van der Waals surface area contributed by atoms with Gasteiger partial charge >= 0.3 is 6.03 Å². The number of nitrogens with one attached hydrogen (secondary N) is 1. The van der Waals surface area contributed by atoms with E-state index < -0.39 is 32.3 Å². The molecule has 0 saturated carbocycles. The van der Waals surface area contributed by atoms with Crippen LogP contribution in [0.25, 0.3) is 11.1 Å². The summed E-state index contributed by atoms with van der Waals surface area (Å²) in [6.07, 6.45) is 2.20. The molecule has 1 aliphatic rings. The number of carbonyl (C=O) groups excluding carboxylic acids is 2. The SMILES string of the molecule is COc1cccc(-c2cc3n(c2)C(=O)N(CCC(C)(C(=O)NO)S(C)(=O)=O)C3)c1F. The number of rotatable bonds is 7. The Morgan fingerprint density at radius 3 is 2.67 bits per heavy atom. The Balaban J connectivity index is 1.80. The Hall–Kier alpha value is -2.92. The van der Waals surface area contributed by atoms with Crippen molar-refractivity contribution in [2.75, 3.05) is 19.9 Å². The van der Waals surface area contributed by atoms with Gasteiger partial charge in [-0.15, -0.1) is 0 Å². The summed E-state index contributed by atoms with van der Waals surface area (Å²) < 4.78 is 43.1. The predicted molar refractivity (Wildman–Crippen MR) is 105 cm³/mol. The standard InChI is InChI=1S/C19H22FN3O6S/c1-19(17(24)21-26,30(3,27)28)7-8-22-11-13-9-12(10-23(13)18(22)25)14-5-4-6-15(29-2)16(14)20/h4-6,9-10,26H,7-8,11H2,1-3H3,(H,21,24). The van der Waals surface area contributed by atoms with E-state index in [0.717, 1.165) is 6.26 Å². The molecule has 1 atom stereocenters. The number of halogens is 1. The number of fused-ring (bicyclic) bond motifs is 1. The molecule has 2 aromatic rings. The van der Waals surface area contributed by atoms with Crippen molar-refractivity contribution in [1.82, 2.24) is 14.9 Å². The van der Waals surface area contributed by atoms with Gasteiger partial charge in [0.15, 0.2) is 26.2 Å². The quantitative estimate of drug-likeness (QED) is 0.502. The molecule has 0 spiro atoms. The molecule has 0 bridgehead atoms. The first kappa shape index (κ1) is 21.8. The van der Waals surface area contributed by atoms with E-state index in [4.69, 9.17) is 9.94 Å². The van der Waals surface area contributed by atoms with Crippen LogP contribution in [0.4, 0.5) is 9.18 Å². The van der Waals surface area contributed by atoms with Crippen molar-refractivity contribution in [2.24, 2.45) is 0 Å². The minimum atomic E-state index is -3.86.